The van der Waals surface area contributed by atoms with E-state index in [1.165, 1.54) is 5.56 Å². The van der Waals surface area contributed by atoms with Crippen LogP contribution in [-0.2, 0) is 0 Å². The molecule has 5 rings (SSSR count). The van der Waals surface area contributed by atoms with E-state index in [9.17, 15) is 0 Å². The Morgan fingerprint density at radius 1 is 0.906 bits per heavy atom. The number of halogens is 1. The van der Waals surface area contributed by atoms with Crippen LogP contribution in [0.1, 0.15) is 18.5 Å². The van der Waals surface area contributed by atoms with Gasteiger partial charge in [0.1, 0.15) is 18.0 Å². The highest BCUT2D eigenvalue weighted by atomic mass is 35.5. The maximum absolute atomic E-state index is 5.86. The van der Waals surface area contributed by atoms with Gasteiger partial charge in [-0.15, -0.1) is 0 Å². The number of hydrogen-bond donors (Lipinski definition) is 2. The van der Waals surface area contributed by atoms with Gasteiger partial charge in [-0.05, 0) is 54.4 Å². The first-order valence-electron chi connectivity index (χ1n) is 10.0. The molecule has 0 saturated heterocycles. The molecule has 2 N–H and O–H groups in total. The topological polar surface area (TPSA) is 93.4 Å². The normalized spacial score (nSPS) is 11.9. The molecule has 32 heavy (non-hydrogen) atoms. The van der Waals surface area contributed by atoms with Gasteiger partial charge in [0.2, 0.25) is 11.2 Å². The van der Waals surface area contributed by atoms with Crippen molar-refractivity contribution in [2.75, 3.05) is 10.6 Å². The molecule has 3 heterocycles. The molecule has 0 saturated carbocycles. The average molecular weight is 443 g/mol. The standard InChI is InChI=1S/C23H19ClN8/c1-15(16-5-3-2-4-6-16)28-23-26-12-10-21(31-23)32-14-27-18-13-17(7-8-19(18)32)29-20-9-11-25-22(24)30-20/h2-15H,1H3,(H,25,29,30)(H,26,28,31). The fourth-order valence-corrected chi connectivity index (χ4v) is 3.54. The Morgan fingerprint density at radius 2 is 1.75 bits per heavy atom. The van der Waals surface area contributed by atoms with Gasteiger partial charge in [0.25, 0.3) is 0 Å². The lowest BCUT2D eigenvalue weighted by atomic mass is 10.1. The Labute approximate surface area is 189 Å². The summed E-state index contributed by atoms with van der Waals surface area (Å²) >= 11 is 5.86. The van der Waals surface area contributed by atoms with Crippen LogP contribution in [0.15, 0.2) is 79.4 Å². The first-order chi connectivity index (χ1) is 15.7. The molecule has 158 valence electrons. The van der Waals surface area contributed by atoms with Gasteiger partial charge in [0, 0.05) is 18.1 Å². The maximum atomic E-state index is 5.86. The van der Waals surface area contributed by atoms with Crippen molar-refractivity contribution in [3.8, 4) is 5.82 Å². The van der Waals surface area contributed by atoms with E-state index >= 15 is 0 Å². The molecule has 3 aromatic heterocycles. The zero-order chi connectivity index (χ0) is 21.9. The minimum atomic E-state index is 0.0786. The smallest absolute Gasteiger partial charge is 0.225 e. The number of aromatic nitrogens is 6. The van der Waals surface area contributed by atoms with Gasteiger partial charge >= 0.3 is 0 Å². The minimum absolute atomic E-state index is 0.0786. The van der Waals surface area contributed by atoms with Gasteiger partial charge in [-0.1, -0.05) is 30.3 Å². The van der Waals surface area contributed by atoms with Crippen molar-refractivity contribution in [2.45, 2.75) is 13.0 Å². The molecule has 8 nitrogen and oxygen atoms in total. The fraction of sp³-hybridized carbons (Fsp3) is 0.0870. The van der Waals surface area contributed by atoms with E-state index in [0.717, 1.165) is 22.5 Å². The summed E-state index contributed by atoms with van der Waals surface area (Å²) in [6, 6.07) is 19.8. The quantitative estimate of drug-likeness (QED) is 0.350. The minimum Gasteiger partial charge on any atom is -0.348 e. The van der Waals surface area contributed by atoms with Crippen LogP contribution in [0.5, 0.6) is 0 Å². The molecule has 0 aliphatic carbocycles. The van der Waals surface area contributed by atoms with E-state index in [4.69, 9.17) is 11.6 Å². The molecule has 0 bridgehead atoms. The molecule has 1 unspecified atom stereocenters. The van der Waals surface area contributed by atoms with Gasteiger partial charge in [0.15, 0.2) is 0 Å². The molecule has 2 aromatic carbocycles. The molecule has 0 aliphatic rings. The number of nitrogens with zero attached hydrogens (tertiary/aromatic N) is 6. The summed E-state index contributed by atoms with van der Waals surface area (Å²) in [6.45, 7) is 2.08. The van der Waals surface area contributed by atoms with E-state index in [1.807, 2.05) is 47.0 Å². The lowest BCUT2D eigenvalue weighted by molar-refractivity contribution is 0.854. The monoisotopic (exact) mass is 442 g/mol. The third kappa shape index (κ3) is 4.21. The van der Waals surface area contributed by atoms with Crippen LogP contribution in [0.2, 0.25) is 5.28 Å². The summed E-state index contributed by atoms with van der Waals surface area (Å²) in [4.78, 5) is 21.6. The SMILES string of the molecule is CC(Nc1nccc(-n2cnc3cc(Nc4ccnc(Cl)n4)ccc32)n1)c1ccccc1. The highest BCUT2D eigenvalue weighted by Gasteiger charge is 2.11. The van der Waals surface area contributed by atoms with Crippen LogP contribution in [0.3, 0.4) is 0 Å². The molecule has 0 radical (unpaired) electrons. The van der Waals surface area contributed by atoms with Crippen LogP contribution in [-0.4, -0.2) is 29.5 Å². The molecule has 0 aliphatic heterocycles. The van der Waals surface area contributed by atoms with Crippen LogP contribution < -0.4 is 10.6 Å². The first kappa shape index (κ1) is 19.9. The van der Waals surface area contributed by atoms with Crippen molar-refractivity contribution < 1.29 is 0 Å². The van der Waals surface area contributed by atoms with Crippen molar-refractivity contribution in [2.24, 2.45) is 0 Å². The van der Waals surface area contributed by atoms with Gasteiger partial charge < -0.3 is 10.6 Å². The predicted octanol–water partition coefficient (Wildman–Crippen LogP) is 5.18. The summed E-state index contributed by atoms with van der Waals surface area (Å²) in [5, 5.41) is 6.76. The third-order valence-electron chi connectivity index (χ3n) is 4.98. The van der Waals surface area contributed by atoms with Crippen LogP contribution in [0.25, 0.3) is 16.9 Å². The predicted molar refractivity (Wildman–Crippen MR) is 125 cm³/mol. The number of imidazole rings is 1. The fourth-order valence-electron chi connectivity index (χ4n) is 3.40. The molecule has 5 aromatic rings. The highest BCUT2D eigenvalue weighted by Crippen LogP contribution is 2.24. The van der Waals surface area contributed by atoms with Crippen molar-refractivity contribution in [1.82, 2.24) is 29.5 Å². The van der Waals surface area contributed by atoms with E-state index in [0.29, 0.717) is 11.8 Å². The Balaban J connectivity index is 1.39. The van der Waals surface area contributed by atoms with Crippen molar-refractivity contribution in [1.29, 1.82) is 0 Å². The number of nitrogens with one attached hydrogen (secondary N) is 2. The van der Waals surface area contributed by atoms with Crippen LogP contribution in [0, 0.1) is 0 Å². The second kappa shape index (κ2) is 8.60. The second-order valence-corrected chi connectivity index (χ2v) is 7.51. The Kier molecular flexibility index (Phi) is 5.35. The largest absolute Gasteiger partial charge is 0.348 e. The summed E-state index contributed by atoms with van der Waals surface area (Å²) in [5.41, 5.74) is 3.76. The summed E-state index contributed by atoms with van der Waals surface area (Å²) in [5.74, 6) is 1.90. The molecule has 9 heteroatoms. The highest BCUT2D eigenvalue weighted by molar-refractivity contribution is 6.28. The van der Waals surface area contributed by atoms with Crippen molar-refractivity contribution >= 4 is 40.1 Å². The zero-order valence-electron chi connectivity index (χ0n) is 17.1. The van der Waals surface area contributed by atoms with E-state index < -0.39 is 0 Å². The molecular formula is C23H19ClN8. The van der Waals surface area contributed by atoms with Crippen LogP contribution >= 0.6 is 11.6 Å². The average Bonchev–Trinajstić information content (AvgIpc) is 3.23. The molecule has 0 fully saturated rings. The Hall–Kier alpha value is -4.04. The lowest BCUT2D eigenvalue weighted by Gasteiger charge is -2.14. The number of hydrogen-bond acceptors (Lipinski definition) is 7. The lowest BCUT2D eigenvalue weighted by Crippen LogP contribution is -2.10. The summed E-state index contributed by atoms with van der Waals surface area (Å²) in [7, 11) is 0. The summed E-state index contributed by atoms with van der Waals surface area (Å²) in [6.07, 6.45) is 5.09. The van der Waals surface area contributed by atoms with E-state index in [2.05, 4.69) is 54.6 Å². The van der Waals surface area contributed by atoms with Crippen molar-refractivity contribution in [3.05, 3.63) is 90.2 Å². The zero-order valence-corrected chi connectivity index (χ0v) is 17.9. The molecule has 0 spiro atoms. The number of rotatable bonds is 6. The van der Waals surface area contributed by atoms with E-state index in [-0.39, 0.29) is 11.3 Å². The summed E-state index contributed by atoms with van der Waals surface area (Å²) < 4.78 is 1.93. The molecule has 0 amide bonds. The van der Waals surface area contributed by atoms with Gasteiger partial charge in [-0.3, -0.25) is 4.57 Å². The first-order valence-corrected chi connectivity index (χ1v) is 10.4. The third-order valence-corrected chi connectivity index (χ3v) is 5.16. The Morgan fingerprint density at radius 3 is 2.59 bits per heavy atom. The van der Waals surface area contributed by atoms with Crippen LogP contribution in [0.4, 0.5) is 17.5 Å². The van der Waals surface area contributed by atoms with E-state index in [1.54, 1.807) is 24.8 Å². The van der Waals surface area contributed by atoms with Gasteiger partial charge in [-0.2, -0.15) is 4.98 Å². The Bertz CT molecular complexity index is 1370. The van der Waals surface area contributed by atoms with Gasteiger partial charge in [0.05, 0.1) is 17.1 Å². The molecular weight excluding hydrogens is 424 g/mol. The second-order valence-electron chi connectivity index (χ2n) is 7.17. The number of benzene rings is 2. The molecule has 1 atom stereocenters. The number of anilines is 3. The van der Waals surface area contributed by atoms with Crippen molar-refractivity contribution in [3.63, 3.8) is 0 Å². The van der Waals surface area contributed by atoms with Gasteiger partial charge in [-0.25, -0.2) is 19.9 Å². The number of fused-ring (bicyclic) bond motifs is 1. The maximum Gasteiger partial charge on any atom is 0.225 e.